The van der Waals surface area contributed by atoms with Crippen molar-refractivity contribution in [1.29, 1.82) is 0 Å². The molecule has 0 aliphatic heterocycles. The fraction of sp³-hybridized carbons (Fsp3) is 0.417. The molecule has 1 amide bonds. The van der Waals surface area contributed by atoms with Crippen LogP contribution >= 0.6 is 15.9 Å². The van der Waals surface area contributed by atoms with Gasteiger partial charge in [-0.2, -0.15) is 4.72 Å². The van der Waals surface area contributed by atoms with Crippen molar-refractivity contribution in [1.82, 2.24) is 10.0 Å². The molecule has 0 aliphatic rings. The highest BCUT2D eigenvalue weighted by Gasteiger charge is 2.22. The van der Waals surface area contributed by atoms with Crippen LogP contribution in [0.3, 0.4) is 0 Å². The maximum atomic E-state index is 12.0. The average Bonchev–Trinajstić information content (AvgIpc) is 2.27. The van der Waals surface area contributed by atoms with Crippen molar-refractivity contribution in [3.8, 4) is 0 Å². The first-order chi connectivity index (χ1) is 8.72. The zero-order valence-electron chi connectivity index (χ0n) is 11.0. The molecule has 5 nitrogen and oxygen atoms in total. The lowest BCUT2D eigenvalue weighted by molar-refractivity contribution is -0.122. The van der Waals surface area contributed by atoms with Gasteiger partial charge in [0.1, 0.15) is 0 Å². The van der Waals surface area contributed by atoms with E-state index in [9.17, 15) is 13.2 Å². The summed E-state index contributed by atoms with van der Waals surface area (Å²) >= 11 is 3.23. The zero-order valence-corrected chi connectivity index (χ0v) is 13.4. The summed E-state index contributed by atoms with van der Waals surface area (Å²) in [5, 5.41) is 2.65. The Labute approximate surface area is 122 Å². The van der Waals surface area contributed by atoms with Gasteiger partial charge in [-0.05, 0) is 45.0 Å². The summed E-state index contributed by atoms with van der Waals surface area (Å²) in [5.74, 6) is -0.351. The molecule has 1 rings (SSSR count). The number of nitrogens with one attached hydrogen (secondary N) is 2. The number of carbonyl (C=O) groups excluding carboxylic acids is 1. The Kier molecular flexibility index (Phi) is 5.51. The third kappa shape index (κ3) is 4.93. The first-order valence-electron chi connectivity index (χ1n) is 5.80. The number of carbonyl (C=O) groups is 1. The van der Waals surface area contributed by atoms with Gasteiger partial charge in [0, 0.05) is 10.5 Å². The van der Waals surface area contributed by atoms with E-state index in [1.54, 1.807) is 12.1 Å². The summed E-state index contributed by atoms with van der Waals surface area (Å²) in [6, 6.07) is 5.35. The molecule has 0 unspecified atom stereocenters. The molecule has 2 N–H and O–H groups in total. The Bertz CT molecular complexity index is 541. The number of halogens is 1. The standard InChI is InChI=1S/C12H17BrN2O3S/c1-8(2)14-12(16)9(3)15-19(17,18)11-6-4-10(13)5-7-11/h4-9,15H,1-3H3,(H,14,16)/t9-/m1/s1. The molecule has 1 aromatic rings. The number of sulfonamides is 1. The maximum absolute atomic E-state index is 12.0. The molecule has 7 heteroatoms. The van der Waals surface area contributed by atoms with Crippen molar-refractivity contribution < 1.29 is 13.2 Å². The van der Waals surface area contributed by atoms with Gasteiger partial charge in [0.2, 0.25) is 15.9 Å². The lowest BCUT2D eigenvalue weighted by Crippen LogP contribution is -2.46. The Hall–Kier alpha value is -0.920. The van der Waals surface area contributed by atoms with Crippen molar-refractivity contribution >= 4 is 31.9 Å². The monoisotopic (exact) mass is 348 g/mol. The molecule has 0 bridgehead atoms. The van der Waals surface area contributed by atoms with Gasteiger partial charge in [0.05, 0.1) is 10.9 Å². The molecule has 106 valence electrons. The number of rotatable bonds is 5. The average molecular weight is 349 g/mol. The van der Waals surface area contributed by atoms with Crippen molar-refractivity contribution in [2.45, 2.75) is 37.8 Å². The fourth-order valence-electron chi connectivity index (χ4n) is 1.38. The van der Waals surface area contributed by atoms with Gasteiger partial charge < -0.3 is 5.32 Å². The number of hydrogen-bond acceptors (Lipinski definition) is 3. The van der Waals surface area contributed by atoms with E-state index in [1.807, 2.05) is 13.8 Å². The normalized spacial score (nSPS) is 13.3. The predicted octanol–water partition coefficient (Wildman–Crippen LogP) is 1.64. The minimum absolute atomic E-state index is 0.0351. The summed E-state index contributed by atoms with van der Waals surface area (Å²) < 4.78 is 27.2. The predicted molar refractivity (Wildman–Crippen MR) is 77.2 cm³/mol. The molecular formula is C12H17BrN2O3S. The van der Waals surface area contributed by atoms with Crippen LogP contribution in [0.5, 0.6) is 0 Å². The van der Waals surface area contributed by atoms with E-state index in [0.717, 1.165) is 4.47 Å². The molecule has 1 aromatic carbocycles. The highest BCUT2D eigenvalue weighted by molar-refractivity contribution is 9.10. The quantitative estimate of drug-likeness (QED) is 0.849. The fourth-order valence-corrected chi connectivity index (χ4v) is 2.84. The third-order valence-corrected chi connectivity index (χ3v) is 4.37. The minimum Gasteiger partial charge on any atom is -0.353 e. The van der Waals surface area contributed by atoms with Crippen LogP contribution in [0.25, 0.3) is 0 Å². The molecule has 0 heterocycles. The van der Waals surface area contributed by atoms with Gasteiger partial charge in [-0.25, -0.2) is 8.42 Å². The SMILES string of the molecule is CC(C)NC(=O)[C@@H](C)NS(=O)(=O)c1ccc(Br)cc1. The second-order valence-corrected chi connectivity index (χ2v) is 7.09. The Morgan fingerprint density at radius 3 is 2.16 bits per heavy atom. The molecular weight excluding hydrogens is 332 g/mol. The van der Waals surface area contributed by atoms with Gasteiger partial charge in [-0.1, -0.05) is 15.9 Å². The van der Waals surface area contributed by atoms with Crippen LogP contribution in [0.4, 0.5) is 0 Å². The van der Waals surface area contributed by atoms with E-state index in [0.29, 0.717) is 0 Å². The highest BCUT2D eigenvalue weighted by Crippen LogP contribution is 2.14. The van der Waals surface area contributed by atoms with Crippen molar-refractivity contribution in [3.05, 3.63) is 28.7 Å². The largest absolute Gasteiger partial charge is 0.353 e. The van der Waals surface area contributed by atoms with E-state index < -0.39 is 16.1 Å². The van der Waals surface area contributed by atoms with Crippen LogP contribution in [-0.4, -0.2) is 26.4 Å². The number of amides is 1. The van der Waals surface area contributed by atoms with Gasteiger partial charge in [0.15, 0.2) is 0 Å². The van der Waals surface area contributed by atoms with Crippen LogP contribution in [0.2, 0.25) is 0 Å². The number of hydrogen-bond donors (Lipinski definition) is 2. The molecule has 0 aliphatic carbocycles. The molecule has 0 saturated heterocycles. The second-order valence-electron chi connectivity index (χ2n) is 4.46. The molecule has 1 atom stereocenters. The molecule has 0 radical (unpaired) electrons. The number of benzene rings is 1. The lowest BCUT2D eigenvalue weighted by Gasteiger charge is -2.16. The lowest BCUT2D eigenvalue weighted by atomic mass is 10.3. The van der Waals surface area contributed by atoms with Gasteiger partial charge in [0.25, 0.3) is 0 Å². The maximum Gasteiger partial charge on any atom is 0.241 e. The molecule has 0 spiro atoms. The van der Waals surface area contributed by atoms with E-state index in [2.05, 4.69) is 26.0 Å². The molecule has 0 saturated carbocycles. The molecule has 0 fully saturated rings. The molecule has 0 aromatic heterocycles. The smallest absolute Gasteiger partial charge is 0.241 e. The van der Waals surface area contributed by atoms with Crippen LogP contribution in [0, 0.1) is 0 Å². The van der Waals surface area contributed by atoms with Crippen LogP contribution in [-0.2, 0) is 14.8 Å². The highest BCUT2D eigenvalue weighted by atomic mass is 79.9. The van der Waals surface area contributed by atoms with Crippen LogP contribution in [0.1, 0.15) is 20.8 Å². The third-order valence-electron chi connectivity index (χ3n) is 2.28. The summed E-state index contributed by atoms with van der Waals surface area (Å²) in [7, 11) is -3.69. The van der Waals surface area contributed by atoms with E-state index in [1.165, 1.54) is 19.1 Å². The van der Waals surface area contributed by atoms with E-state index >= 15 is 0 Å². The van der Waals surface area contributed by atoms with E-state index in [4.69, 9.17) is 0 Å². The summed E-state index contributed by atoms with van der Waals surface area (Å²) in [6.07, 6.45) is 0. The summed E-state index contributed by atoms with van der Waals surface area (Å²) in [5.41, 5.74) is 0. The Balaban J connectivity index is 2.80. The summed E-state index contributed by atoms with van der Waals surface area (Å²) in [4.78, 5) is 11.8. The molecule has 19 heavy (non-hydrogen) atoms. The van der Waals surface area contributed by atoms with Crippen molar-refractivity contribution in [2.24, 2.45) is 0 Å². The van der Waals surface area contributed by atoms with Gasteiger partial charge in [-0.15, -0.1) is 0 Å². The van der Waals surface area contributed by atoms with Crippen LogP contribution in [0.15, 0.2) is 33.6 Å². The Morgan fingerprint density at radius 2 is 1.68 bits per heavy atom. The van der Waals surface area contributed by atoms with Gasteiger partial charge in [-0.3, -0.25) is 4.79 Å². The Morgan fingerprint density at radius 1 is 1.16 bits per heavy atom. The second kappa shape index (κ2) is 6.49. The van der Waals surface area contributed by atoms with Crippen LogP contribution < -0.4 is 10.0 Å². The topological polar surface area (TPSA) is 75.3 Å². The van der Waals surface area contributed by atoms with Gasteiger partial charge >= 0.3 is 0 Å². The summed E-state index contributed by atoms with van der Waals surface area (Å²) in [6.45, 7) is 5.13. The van der Waals surface area contributed by atoms with Crippen molar-refractivity contribution in [3.63, 3.8) is 0 Å². The first-order valence-corrected chi connectivity index (χ1v) is 8.08. The minimum atomic E-state index is -3.69. The first kappa shape index (κ1) is 16.1. The zero-order chi connectivity index (χ0) is 14.6. The van der Waals surface area contributed by atoms with E-state index in [-0.39, 0.29) is 16.8 Å². The van der Waals surface area contributed by atoms with Crippen molar-refractivity contribution in [2.75, 3.05) is 0 Å².